The van der Waals surface area contributed by atoms with Gasteiger partial charge in [-0.3, -0.25) is 0 Å². The van der Waals surface area contributed by atoms with Crippen LogP contribution in [0.15, 0.2) is 78.9 Å². The summed E-state index contributed by atoms with van der Waals surface area (Å²) in [6.07, 6.45) is 2.15. The number of carbonyl (C=O) groups is 3. The first-order chi connectivity index (χ1) is 15.9. The molecule has 0 unspecified atom stereocenters. The summed E-state index contributed by atoms with van der Waals surface area (Å²) in [5, 5.41) is 0. The molecule has 5 nitrogen and oxygen atoms in total. The Kier molecular flexibility index (Phi) is 8.53. The van der Waals surface area contributed by atoms with Crippen molar-refractivity contribution in [3.05, 3.63) is 107 Å². The zero-order valence-corrected chi connectivity index (χ0v) is 19.0. The number of esters is 3. The van der Waals surface area contributed by atoms with E-state index in [4.69, 9.17) is 9.47 Å². The third-order valence-electron chi connectivity index (χ3n) is 5.03. The molecule has 0 aliphatic carbocycles. The third-order valence-corrected chi connectivity index (χ3v) is 5.03. The summed E-state index contributed by atoms with van der Waals surface area (Å²) < 4.78 is 10.3. The van der Waals surface area contributed by atoms with E-state index in [1.54, 1.807) is 54.6 Å². The molecule has 5 heteroatoms. The van der Waals surface area contributed by atoms with Crippen LogP contribution in [0.25, 0.3) is 0 Å². The molecule has 0 N–H and O–H groups in total. The molecule has 0 fully saturated rings. The lowest BCUT2D eigenvalue weighted by Crippen LogP contribution is -2.13. The predicted octanol–water partition coefficient (Wildman–Crippen LogP) is 5.67. The van der Waals surface area contributed by atoms with Gasteiger partial charge < -0.3 is 9.47 Å². The summed E-state index contributed by atoms with van der Waals surface area (Å²) in [7, 11) is 0. The average molecular weight is 445 g/mol. The van der Waals surface area contributed by atoms with Crippen molar-refractivity contribution in [2.45, 2.75) is 33.1 Å². The summed E-state index contributed by atoms with van der Waals surface area (Å²) in [6, 6.07) is 22.9. The lowest BCUT2D eigenvalue weighted by Gasteiger charge is -2.08. The van der Waals surface area contributed by atoms with E-state index >= 15 is 0 Å². The highest BCUT2D eigenvalue weighted by Crippen LogP contribution is 2.13. The van der Waals surface area contributed by atoms with Crippen LogP contribution < -0.4 is 0 Å². The molecule has 0 aliphatic rings. The maximum Gasteiger partial charge on any atom is 0.346 e. The second-order valence-corrected chi connectivity index (χ2v) is 8.28. The van der Waals surface area contributed by atoms with E-state index in [1.165, 1.54) is 0 Å². The van der Waals surface area contributed by atoms with Gasteiger partial charge in [-0.1, -0.05) is 56.3 Å². The Labute approximate surface area is 194 Å². The minimum atomic E-state index is -0.691. The Hall–Kier alpha value is -3.73. The van der Waals surface area contributed by atoms with E-state index in [0.717, 1.165) is 17.5 Å². The van der Waals surface area contributed by atoms with Gasteiger partial charge in [0.15, 0.2) is 0 Å². The Bertz CT molecular complexity index is 1080. The first kappa shape index (κ1) is 23.9. The van der Waals surface area contributed by atoms with Gasteiger partial charge in [0.1, 0.15) is 0 Å². The largest absolute Gasteiger partial charge is 0.462 e. The molecule has 0 saturated carbocycles. The van der Waals surface area contributed by atoms with Crippen molar-refractivity contribution in [1.82, 2.24) is 0 Å². The molecule has 0 aliphatic heterocycles. The zero-order valence-electron chi connectivity index (χ0n) is 19.0. The number of benzene rings is 3. The van der Waals surface area contributed by atoms with Crippen LogP contribution in [-0.2, 0) is 22.3 Å². The first-order valence-electron chi connectivity index (χ1n) is 11.1. The van der Waals surface area contributed by atoms with E-state index in [1.807, 2.05) is 24.3 Å². The van der Waals surface area contributed by atoms with Crippen molar-refractivity contribution >= 4 is 17.9 Å². The molecule has 3 aromatic carbocycles. The molecule has 0 spiro atoms. The Balaban J connectivity index is 1.49. The molecule has 33 heavy (non-hydrogen) atoms. The molecule has 3 aromatic rings. The number of ether oxygens (including phenoxy) is 2. The predicted molar refractivity (Wildman–Crippen MR) is 126 cm³/mol. The molecule has 0 heterocycles. The molecule has 0 bridgehead atoms. The van der Waals surface area contributed by atoms with Crippen LogP contribution in [0.5, 0.6) is 0 Å². The summed E-state index contributed by atoms with van der Waals surface area (Å²) in [6.45, 7) is 4.53. The van der Waals surface area contributed by atoms with Gasteiger partial charge in [0.05, 0.1) is 23.3 Å². The highest BCUT2D eigenvalue weighted by atomic mass is 16.6. The fraction of sp³-hybridized carbons (Fsp3) is 0.250. The van der Waals surface area contributed by atoms with Crippen LogP contribution in [0.3, 0.4) is 0 Å². The van der Waals surface area contributed by atoms with Gasteiger partial charge in [-0.05, 0) is 72.7 Å². The van der Waals surface area contributed by atoms with E-state index in [2.05, 4.69) is 13.8 Å². The van der Waals surface area contributed by atoms with Gasteiger partial charge in [-0.25, -0.2) is 14.4 Å². The SMILES string of the molecule is CC(C)Cc1ccc(C(=O)OC(=O)c2cccc(CCCOC(=O)c3ccccc3)c2)cc1. The third kappa shape index (κ3) is 7.42. The second-order valence-electron chi connectivity index (χ2n) is 8.28. The maximum absolute atomic E-state index is 12.5. The van der Waals surface area contributed by atoms with Gasteiger partial charge in [-0.15, -0.1) is 0 Å². The maximum atomic E-state index is 12.5. The van der Waals surface area contributed by atoms with E-state index in [-0.39, 0.29) is 12.6 Å². The van der Waals surface area contributed by atoms with Gasteiger partial charge >= 0.3 is 17.9 Å². The number of carbonyl (C=O) groups excluding carboxylic acids is 3. The normalized spacial score (nSPS) is 10.6. The molecular formula is C28H28O5. The quantitative estimate of drug-likeness (QED) is 0.242. The van der Waals surface area contributed by atoms with Crippen molar-refractivity contribution < 1.29 is 23.9 Å². The van der Waals surface area contributed by atoms with Crippen molar-refractivity contribution in [2.75, 3.05) is 6.61 Å². The summed E-state index contributed by atoms with van der Waals surface area (Å²) in [4.78, 5) is 36.8. The van der Waals surface area contributed by atoms with Crippen LogP contribution in [-0.4, -0.2) is 24.5 Å². The molecular weight excluding hydrogens is 416 g/mol. The molecule has 0 amide bonds. The fourth-order valence-electron chi connectivity index (χ4n) is 3.40. The van der Waals surface area contributed by atoms with Crippen LogP contribution in [0.1, 0.15) is 62.5 Å². The fourth-order valence-corrected chi connectivity index (χ4v) is 3.40. The average Bonchev–Trinajstić information content (AvgIpc) is 2.82. The lowest BCUT2D eigenvalue weighted by molar-refractivity contribution is 0.0396. The minimum Gasteiger partial charge on any atom is -0.462 e. The Morgan fingerprint density at radius 3 is 2.03 bits per heavy atom. The van der Waals surface area contributed by atoms with Crippen molar-refractivity contribution in [3.8, 4) is 0 Å². The standard InChI is InChI=1S/C28H28O5/c1-20(2)18-22-13-15-24(16-14-22)27(30)33-28(31)25-12-6-8-21(19-25)9-7-17-32-26(29)23-10-4-3-5-11-23/h3-6,8,10-16,19-20H,7,9,17-18H2,1-2H3. The molecule has 0 saturated heterocycles. The van der Waals surface area contributed by atoms with Crippen LogP contribution in [0, 0.1) is 5.92 Å². The van der Waals surface area contributed by atoms with Crippen molar-refractivity contribution in [2.24, 2.45) is 5.92 Å². The molecule has 0 atom stereocenters. The Morgan fingerprint density at radius 1 is 0.697 bits per heavy atom. The molecule has 0 aromatic heterocycles. The first-order valence-corrected chi connectivity index (χ1v) is 11.1. The number of hydrogen-bond donors (Lipinski definition) is 0. The monoisotopic (exact) mass is 444 g/mol. The van der Waals surface area contributed by atoms with Gasteiger partial charge in [-0.2, -0.15) is 0 Å². The number of aryl methyl sites for hydroxylation is 1. The highest BCUT2D eigenvalue weighted by molar-refractivity contribution is 6.02. The Morgan fingerprint density at radius 2 is 1.33 bits per heavy atom. The molecule has 3 rings (SSSR count). The van der Waals surface area contributed by atoms with E-state index < -0.39 is 11.9 Å². The number of hydrogen-bond acceptors (Lipinski definition) is 5. The molecule has 0 radical (unpaired) electrons. The lowest BCUT2D eigenvalue weighted by atomic mass is 10.0. The topological polar surface area (TPSA) is 69.7 Å². The highest BCUT2D eigenvalue weighted by Gasteiger charge is 2.15. The van der Waals surface area contributed by atoms with Crippen LogP contribution >= 0.6 is 0 Å². The van der Waals surface area contributed by atoms with Crippen molar-refractivity contribution in [3.63, 3.8) is 0 Å². The van der Waals surface area contributed by atoms with Crippen LogP contribution in [0.2, 0.25) is 0 Å². The van der Waals surface area contributed by atoms with E-state index in [0.29, 0.717) is 35.4 Å². The van der Waals surface area contributed by atoms with Gasteiger partial charge in [0.2, 0.25) is 0 Å². The summed E-state index contributed by atoms with van der Waals surface area (Å²) in [5.41, 5.74) is 3.19. The van der Waals surface area contributed by atoms with Gasteiger partial charge in [0, 0.05) is 0 Å². The van der Waals surface area contributed by atoms with E-state index in [9.17, 15) is 14.4 Å². The zero-order chi connectivity index (χ0) is 23.6. The van der Waals surface area contributed by atoms with Gasteiger partial charge in [0.25, 0.3) is 0 Å². The summed E-state index contributed by atoms with van der Waals surface area (Å²) in [5.74, 6) is -1.20. The smallest absolute Gasteiger partial charge is 0.346 e. The molecule has 170 valence electrons. The minimum absolute atomic E-state index is 0.272. The summed E-state index contributed by atoms with van der Waals surface area (Å²) >= 11 is 0. The van der Waals surface area contributed by atoms with Crippen LogP contribution in [0.4, 0.5) is 0 Å². The second kappa shape index (κ2) is 11.8. The number of rotatable bonds is 9. The van der Waals surface area contributed by atoms with Crippen molar-refractivity contribution in [1.29, 1.82) is 0 Å².